The number of hydrazine groups is 1. The molecule has 0 saturated heterocycles. The predicted molar refractivity (Wildman–Crippen MR) is 56.7 cm³/mol. The molecule has 76 valence electrons. The van der Waals surface area contributed by atoms with Crippen molar-refractivity contribution in [1.29, 1.82) is 0 Å². The zero-order chi connectivity index (χ0) is 10.6. The van der Waals surface area contributed by atoms with E-state index in [1.54, 1.807) is 19.1 Å². The van der Waals surface area contributed by atoms with E-state index in [0.717, 1.165) is 11.1 Å². The molecule has 0 radical (unpaired) electrons. The Morgan fingerprint density at radius 1 is 1.36 bits per heavy atom. The lowest BCUT2D eigenvalue weighted by atomic mass is 10.1. The van der Waals surface area contributed by atoms with Crippen LogP contribution in [-0.4, -0.2) is 25.0 Å². The highest BCUT2D eigenvalue weighted by atomic mass is 16.2. The number of carbonyl (C=O) groups is 1. The molecular weight excluding hydrogens is 176 g/mol. The first-order chi connectivity index (χ1) is 6.59. The fourth-order valence-corrected chi connectivity index (χ4v) is 1.27. The van der Waals surface area contributed by atoms with Crippen LogP contribution in [0.4, 0.5) is 0 Å². The highest BCUT2D eigenvalue weighted by Gasteiger charge is 2.05. The number of nitrogens with one attached hydrogen (secondary N) is 1. The second-order valence-electron chi connectivity index (χ2n) is 3.53. The van der Waals surface area contributed by atoms with Crippen LogP contribution in [-0.2, 0) is 11.2 Å². The molecule has 0 saturated carbocycles. The van der Waals surface area contributed by atoms with E-state index in [4.69, 9.17) is 0 Å². The summed E-state index contributed by atoms with van der Waals surface area (Å²) in [4.78, 5) is 11.4. The molecule has 1 aromatic rings. The molecule has 0 bridgehead atoms. The van der Waals surface area contributed by atoms with Gasteiger partial charge in [-0.1, -0.05) is 24.3 Å². The van der Waals surface area contributed by atoms with Crippen LogP contribution in [0.2, 0.25) is 0 Å². The first-order valence-corrected chi connectivity index (χ1v) is 4.61. The molecule has 0 unspecified atom stereocenters. The third kappa shape index (κ3) is 3.18. The van der Waals surface area contributed by atoms with Crippen molar-refractivity contribution in [1.82, 2.24) is 10.4 Å². The third-order valence-electron chi connectivity index (χ3n) is 1.96. The summed E-state index contributed by atoms with van der Waals surface area (Å²) in [5, 5.41) is 1.65. The number of carbonyl (C=O) groups excluding carboxylic acids is 1. The summed E-state index contributed by atoms with van der Waals surface area (Å²) in [6.07, 6.45) is 0.435. The molecule has 0 aliphatic rings. The van der Waals surface area contributed by atoms with E-state index in [2.05, 4.69) is 5.43 Å². The zero-order valence-corrected chi connectivity index (χ0v) is 8.87. The number of benzene rings is 1. The van der Waals surface area contributed by atoms with E-state index in [1.165, 1.54) is 0 Å². The number of rotatable bonds is 3. The van der Waals surface area contributed by atoms with Gasteiger partial charge in [-0.3, -0.25) is 10.2 Å². The maximum absolute atomic E-state index is 11.4. The van der Waals surface area contributed by atoms with Gasteiger partial charge in [-0.15, -0.1) is 0 Å². The number of hydrogen-bond donors (Lipinski definition) is 1. The first kappa shape index (κ1) is 10.7. The molecule has 1 amide bonds. The minimum atomic E-state index is 0.0179. The molecule has 0 aromatic heterocycles. The number of nitrogens with zero attached hydrogens (tertiary/aromatic N) is 1. The molecule has 1 N–H and O–H groups in total. The topological polar surface area (TPSA) is 32.3 Å². The Bertz CT molecular complexity index is 321. The van der Waals surface area contributed by atoms with Gasteiger partial charge in [0.25, 0.3) is 0 Å². The molecule has 0 fully saturated rings. The van der Waals surface area contributed by atoms with Crippen molar-refractivity contribution in [3.63, 3.8) is 0 Å². The molecule has 0 atom stereocenters. The van der Waals surface area contributed by atoms with Crippen LogP contribution in [0.3, 0.4) is 0 Å². The van der Waals surface area contributed by atoms with Gasteiger partial charge < -0.3 is 0 Å². The van der Waals surface area contributed by atoms with Gasteiger partial charge in [-0.2, -0.15) is 0 Å². The van der Waals surface area contributed by atoms with E-state index in [1.807, 2.05) is 31.2 Å². The van der Waals surface area contributed by atoms with Crippen molar-refractivity contribution < 1.29 is 4.79 Å². The largest absolute Gasteiger partial charge is 0.289 e. The highest BCUT2D eigenvalue weighted by molar-refractivity contribution is 5.78. The van der Waals surface area contributed by atoms with Gasteiger partial charge in [0.15, 0.2) is 0 Å². The molecule has 0 spiro atoms. The monoisotopic (exact) mass is 192 g/mol. The van der Waals surface area contributed by atoms with E-state index in [-0.39, 0.29) is 5.91 Å². The summed E-state index contributed by atoms with van der Waals surface area (Å²) in [6, 6.07) is 7.91. The average molecular weight is 192 g/mol. The van der Waals surface area contributed by atoms with E-state index in [9.17, 15) is 4.79 Å². The second kappa shape index (κ2) is 4.77. The van der Waals surface area contributed by atoms with Gasteiger partial charge in [-0.25, -0.2) is 5.01 Å². The fourth-order valence-electron chi connectivity index (χ4n) is 1.27. The van der Waals surface area contributed by atoms with Gasteiger partial charge in [0.1, 0.15) is 0 Å². The Kier molecular flexibility index (Phi) is 3.65. The number of hydrogen-bond acceptors (Lipinski definition) is 2. The average Bonchev–Trinajstić information content (AvgIpc) is 2.07. The van der Waals surface area contributed by atoms with Crippen LogP contribution in [0.5, 0.6) is 0 Å². The molecule has 0 aliphatic carbocycles. The summed E-state index contributed by atoms with van der Waals surface area (Å²) in [5.74, 6) is 0.0179. The van der Waals surface area contributed by atoms with Crippen molar-refractivity contribution in [3.8, 4) is 0 Å². The minimum absolute atomic E-state index is 0.0179. The van der Waals surface area contributed by atoms with Crippen molar-refractivity contribution in [2.45, 2.75) is 13.3 Å². The maximum Gasteiger partial charge on any atom is 0.238 e. The summed E-state index contributed by atoms with van der Waals surface area (Å²) < 4.78 is 0. The summed E-state index contributed by atoms with van der Waals surface area (Å²) in [6.45, 7) is 2.01. The zero-order valence-electron chi connectivity index (χ0n) is 8.87. The summed E-state index contributed by atoms with van der Waals surface area (Å²) in [7, 11) is 3.60. The lowest BCUT2D eigenvalue weighted by molar-refractivity contribution is -0.124. The van der Waals surface area contributed by atoms with Crippen molar-refractivity contribution in [2.24, 2.45) is 0 Å². The van der Waals surface area contributed by atoms with Gasteiger partial charge in [0.05, 0.1) is 6.42 Å². The van der Waals surface area contributed by atoms with Crippen LogP contribution < -0.4 is 5.43 Å². The van der Waals surface area contributed by atoms with Crippen LogP contribution in [0.15, 0.2) is 24.3 Å². The predicted octanol–water partition coefficient (Wildman–Crippen LogP) is 1.13. The van der Waals surface area contributed by atoms with E-state index in [0.29, 0.717) is 6.42 Å². The van der Waals surface area contributed by atoms with Gasteiger partial charge in [0.2, 0.25) is 5.91 Å². The lowest BCUT2D eigenvalue weighted by Gasteiger charge is -2.12. The molecule has 0 aliphatic heterocycles. The minimum Gasteiger partial charge on any atom is -0.289 e. The van der Waals surface area contributed by atoms with Crippen LogP contribution in [0.25, 0.3) is 0 Å². The Morgan fingerprint density at radius 3 is 2.57 bits per heavy atom. The van der Waals surface area contributed by atoms with Crippen molar-refractivity contribution >= 4 is 5.91 Å². The van der Waals surface area contributed by atoms with E-state index >= 15 is 0 Å². The Balaban J connectivity index is 2.61. The SMILES string of the molecule is Cc1ccccc1CC(=O)NN(C)C. The molecule has 3 nitrogen and oxygen atoms in total. The number of amides is 1. The molecule has 3 heteroatoms. The highest BCUT2D eigenvalue weighted by Crippen LogP contribution is 2.07. The van der Waals surface area contributed by atoms with Gasteiger partial charge in [0, 0.05) is 14.1 Å². The Labute approximate surface area is 84.7 Å². The lowest BCUT2D eigenvalue weighted by Crippen LogP contribution is -2.37. The van der Waals surface area contributed by atoms with Crippen LogP contribution >= 0.6 is 0 Å². The summed E-state index contributed by atoms with van der Waals surface area (Å²) in [5.41, 5.74) is 4.94. The van der Waals surface area contributed by atoms with Crippen LogP contribution in [0, 0.1) is 6.92 Å². The molecule has 1 aromatic carbocycles. The van der Waals surface area contributed by atoms with E-state index < -0.39 is 0 Å². The quantitative estimate of drug-likeness (QED) is 0.728. The van der Waals surface area contributed by atoms with Crippen LogP contribution in [0.1, 0.15) is 11.1 Å². The fraction of sp³-hybridized carbons (Fsp3) is 0.364. The number of aryl methyl sites for hydroxylation is 1. The van der Waals surface area contributed by atoms with Crippen molar-refractivity contribution in [2.75, 3.05) is 14.1 Å². The first-order valence-electron chi connectivity index (χ1n) is 4.61. The molecule has 0 heterocycles. The maximum atomic E-state index is 11.4. The molecule has 1 rings (SSSR count). The molecule has 14 heavy (non-hydrogen) atoms. The Morgan fingerprint density at radius 2 is 2.00 bits per heavy atom. The normalized spacial score (nSPS) is 10.3. The Hall–Kier alpha value is -1.35. The van der Waals surface area contributed by atoms with Crippen molar-refractivity contribution in [3.05, 3.63) is 35.4 Å². The summed E-state index contributed by atoms with van der Waals surface area (Å²) >= 11 is 0. The van der Waals surface area contributed by atoms with Gasteiger partial charge >= 0.3 is 0 Å². The smallest absolute Gasteiger partial charge is 0.238 e. The van der Waals surface area contributed by atoms with Gasteiger partial charge in [-0.05, 0) is 18.1 Å². The second-order valence-corrected chi connectivity index (χ2v) is 3.53. The third-order valence-corrected chi connectivity index (χ3v) is 1.96. The molecular formula is C11H16N2O. The standard InChI is InChI=1S/C11H16N2O/c1-9-6-4-5-7-10(9)8-11(14)12-13(2)3/h4-7H,8H2,1-3H3,(H,12,14).